The van der Waals surface area contributed by atoms with Gasteiger partial charge in [-0.25, -0.2) is 4.57 Å². The highest BCUT2D eigenvalue weighted by Gasteiger charge is 2.27. The number of hydrogen-bond donors (Lipinski definition) is 1. The largest absolute Gasteiger partial charge is 0.472 e. The van der Waals surface area contributed by atoms with Crippen LogP contribution in [0.5, 0.6) is 0 Å². The van der Waals surface area contributed by atoms with E-state index in [9.17, 15) is 19.0 Å². The normalized spacial score (nSPS) is 13.2. The zero-order valence-electron chi connectivity index (χ0n) is 50.8. The number of esters is 2. The molecule has 0 amide bonds. The predicted molar refractivity (Wildman–Crippen MR) is 321 cm³/mol. The van der Waals surface area contributed by atoms with Crippen molar-refractivity contribution in [3.8, 4) is 0 Å². The van der Waals surface area contributed by atoms with Gasteiger partial charge in [0, 0.05) is 12.8 Å². The van der Waals surface area contributed by atoms with Gasteiger partial charge < -0.3 is 18.9 Å². The van der Waals surface area contributed by atoms with Crippen LogP contribution >= 0.6 is 7.82 Å². The van der Waals surface area contributed by atoms with E-state index in [1.807, 2.05) is 21.1 Å². The van der Waals surface area contributed by atoms with Gasteiger partial charge in [0.05, 0.1) is 27.7 Å². The summed E-state index contributed by atoms with van der Waals surface area (Å²) < 4.78 is 34.5. The summed E-state index contributed by atoms with van der Waals surface area (Å²) in [6.07, 6.45) is 69.2. The van der Waals surface area contributed by atoms with Crippen molar-refractivity contribution in [3.63, 3.8) is 0 Å². The van der Waals surface area contributed by atoms with Crippen LogP contribution in [0.4, 0.5) is 0 Å². The van der Waals surface area contributed by atoms with E-state index < -0.39 is 26.5 Å². The van der Waals surface area contributed by atoms with Crippen molar-refractivity contribution in [2.75, 3.05) is 47.5 Å². The van der Waals surface area contributed by atoms with Crippen LogP contribution in [0, 0.1) is 0 Å². The average Bonchev–Trinajstić information content (AvgIpc) is 3.37. The molecular weight excluding hydrogens is 954 g/mol. The topological polar surface area (TPSA) is 108 Å². The molecule has 0 spiro atoms. The van der Waals surface area contributed by atoms with E-state index in [4.69, 9.17) is 18.5 Å². The average molecular weight is 1080 g/mol. The maximum atomic E-state index is 12.7. The summed E-state index contributed by atoms with van der Waals surface area (Å²) in [5.41, 5.74) is 0. The molecule has 0 saturated heterocycles. The van der Waals surface area contributed by atoms with Gasteiger partial charge >= 0.3 is 19.8 Å². The number of hydrogen-bond acceptors (Lipinski definition) is 7. The van der Waals surface area contributed by atoms with E-state index in [0.29, 0.717) is 23.9 Å². The molecule has 0 aliphatic carbocycles. The minimum absolute atomic E-state index is 0.0335. The van der Waals surface area contributed by atoms with Crippen molar-refractivity contribution >= 4 is 19.8 Å². The molecular formula is C65H129NO8P+. The maximum Gasteiger partial charge on any atom is 0.472 e. The smallest absolute Gasteiger partial charge is 0.462 e. The van der Waals surface area contributed by atoms with Crippen LogP contribution in [0.3, 0.4) is 0 Å². The van der Waals surface area contributed by atoms with E-state index in [1.54, 1.807) is 0 Å². The van der Waals surface area contributed by atoms with Crippen LogP contribution in [-0.4, -0.2) is 74.9 Å². The van der Waals surface area contributed by atoms with Crippen molar-refractivity contribution in [2.45, 2.75) is 347 Å². The molecule has 10 heteroatoms. The van der Waals surface area contributed by atoms with Gasteiger partial charge in [-0.15, -0.1) is 0 Å². The number of carbonyl (C=O) groups is 2. The Labute approximate surface area is 466 Å². The van der Waals surface area contributed by atoms with Crippen LogP contribution in [0.25, 0.3) is 0 Å². The van der Waals surface area contributed by atoms with E-state index in [0.717, 1.165) is 51.4 Å². The minimum atomic E-state index is -4.38. The fourth-order valence-electron chi connectivity index (χ4n) is 9.96. The number of unbranched alkanes of at least 4 members (excludes halogenated alkanes) is 46. The summed E-state index contributed by atoms with van der Waals surface area (Å²) in [6.45, 7) is 4.45. The van der Waals surface area contributed by atoms with Gasteiger partial charge in [-0.1, -0.05) is 302 Å². The Morgan fingerprint density at radius 1 is 0.400 bits per heavy atom. The summed E-state index contributed by atoms with van der Waals surface area (Å²) >= 11 is 0. The molecule has 0 saturated carbocycles. The van der Waals surface area contributed by atoms with E-state index in [1.165, 1.54) is 257 Å². The highest BCUT2D eigenvalue weighted by molar-refractivity contribution is 7.47. The Hall–Kier alpha value is -1.25. The third-order valence-corrected chi connectivity index (χ3v) is 16.0. The molecule has 0 aromatic heterocycles. The Morgan fingerprint density at radius 2 is 0.680 bits per heavy atom. The number of carbonyl (C=O) groups excluding carboxylic acids is 2. The second-order valence-corrected chi connectivity index (χ2v) is 25.3. The molecule has 0 aliphatic rings. The first-order valence-electron chi connectivity index (χ1n) is 32.9. The quantitative estimate of drug-likeness (QED) is 0.0211. The molecule has 1 N–H and O–H groups in total. The fourth-order valence-corrected chi connectivity index (χ4v) is 10.7. The Bertz CT molecular complexity index is 1270. The zero-order chi connectivity index (χ0) is 54.9. The number of phosphoric ester groups is 1. The summed E-state index contributed by atoms with van der Waals surface area (Å²) in [5, 5.41) is 0. The van der Waals surface area contributed by atoms with E-state index in [2.05, 4.69) is 26.0 Å². The molecule has 0 radical (unpaired) electrons. The molecule has 2 unspecified atom stereocenters. The monoisotopic (exact) mass is 1080 g/mol. The van der Waals surface area contributed by atoms with Crippen LogP contribution in [-0.2, 0) is 32.7 Å². The zero-order valence-corrected chi connectivity index (χ0v) is 51.7. The molecule has 9 nitrogen and oxygen atoms in total. The lowest BCUT2D eigenvalue weighted by Crippen LogP contribution is -2.37. The van der Waals surface area contributed by atoms with Gasteiger partial charge in [-0.2, -0.15) is 0 Å². The number of phosphoric acid groups is 1. The lowest BCUT2D eigenvalue weighted by Gasteiger charge is -2.24. The highest BCUT2D eigenvalue weighted by Crippen LogP contribution is 2.43. The van der Waals surface area contributed by atoms with Crippen molar-refractivity contribution in [3.05, 3.63) is 12.2 Å². The fraction of sp³-hybridized carbons (Fsp3) is 0.938. The SMILES string of the molecule is CCCCC/C=C\CCCCCCCC(=O)OC(COC(=O)CCCCCCCCCCCCCCCCCCCCCCCCCCCCCCCCCCCCCCCCC)COP(=O)(O)OCC[N+](C)(C)C. The van der Waals surface area contributed by atoms with Crippen molar-refractivity contribution in [1.29, 1.82) is 0 Å². The number of ether oxygens (including phenoxy) is 2. The molecule has 2 atom stereocenters. The second-order valence-electron chi connectivity index (χ2n) is 23.9. The molecule has 0 aliphatic heterocycles. The van der Waals surface area contributed by atoms with Crippen molar-refractivity contribution in [2.24, 2.45) is 0 Å². The number of nitrogens with zero attached hydrogens (tertiary/aromatic N) is 1. The Morgan fingerprint density at radius 3 is 1.01 bits per heavy atom. The summed E-state index contributed by atoms with van der Waals surface area (Å²) in [5.74, 6) is -0.791. The minimum Gasteiger partial charge on any atom is -0.462 e. The van der Waals surface area contributed by atoms with Crippen LogP contribution in [0.15, 0.2) is 12.2 Å². The number of quaternary nitrogens is 1. The standard InChI is InChI=1S/C65H128NO8P/c1-6-8-10-12-14-16-18-20-21-22-23-24-25-26-27-28-29-30-31-32-33-34-35-36-37-38-39-40-41-42-43-44-45-46-48-49-51-53-55-57-64(67)71-61-63(62-73-75(69,70)72-60-59-66(3,4)5)74-65(68)58-56-54-52-50-47-19-17-15-13-11-9-7-2/h15,17,63H,6-14,16,18-62H2,1-5H3/p+1/b17-15-. The summed E-state index contributed by atoms with van der Waals surface area (Å²) in [4.78, 5) is 35.6. The van der Waals surface area contributed by atoms with Gasteiger partial charge in [0.15, 0.2) is 6.10 Å². The van der Waals surface area contributed by atoms with Gasteiger partial charge in [0.1, 0.15) is 19.8 Å². The Balaban J connectivity index is 3.78. The van der Waals surface area contributed by atoms with E-state index >= 15 is 0 Å². The predicted octanol–water partition coefficient (Wildman–Crippen LogP) is 20.8. The van der Waals surface area contributed by atoms with Crippen LogP contribution in [0.1, 0.15) is 341 Å². The molecule has 75 heavy (non-hydrogen) atoms. The molecule has 0 rings (SSSR count). The number of rotatable bonds is 62. The summed E-state index contributed by atoms with van der Waals surface area (Å²) in [7, 11) is 1.49. The maximum absolute atomic E-state index is 12.7. The molecule has 0 heterocycles. The van der Waals surface area contributed by atoms with Crippen molar-refractivity contribution in [1.82, 2.24) is 0 Å². The molecule has 0 aromatic rings. The highest BCUT2D eigenvalue weighted by atomic mass is 31.2. The molecule has 0 fully saturated rings. The van der Waals surface area contributed by atoms with Gasteiger partial charge in [-0.3, -0.25) is 18.6 Å². The van der Waals surface area contributed by atoms with Crippen LogP contribution < -0.4 is 0 Å². The van der Waals surface area contributed by atoms with Crippen molar-refractivity contribution < 1.29 is 42.1 Å². The molecule has 0 aromatic carbocycles. The molecule has 446 valence electrons. The van der Waals surface area contributed by atoms with Gasteiger partial charge in [-0.05, 0) is 38.5 Å². The van der Waals surface area contributed by atoms with Gasteiger partial charge in [0.25, 0.3) is 0 Å². The number of likely N-dealkylation sites (N-methyl/N-ethyl adjacent to an activating group) is 1. The Kier molecular flexibility index (Phi) is 56.5. The lowest BCUT2D eigenvalue weighted by atomic mass is 10.0. The van der Waals surface area contributed by atoms with Crippen LogP contribution in [0.2, 0.25) is 0 Å². The first-order chi connectivity index (χ1) is 36.5. The second kappa shape index (κ2) is 57.4. The van der Waals surface area contributed by atoms with E-state index in [-0.39, 0.29) is 25.6 Å². The van der Waals surface area contributed by atoms with Gasteiger partial charge in [0.2, 0.25) is 0 Å². The summed E-state index contributed by atoms with van der Waals surface area (Å²) in [6, 6.07) is 0. The number of allylic oxidation sites excluding steroid dienone is 2. The first kappa shape index (κ1) is 73.8. The molecule has 0 bridgehead atoms. The first-order valence-corrected chi connectivity index (χ1v) is 34.4. The third-order valence-electron chi connectivity index (χ3n) is 15.0. The third kappa shape index (κ3) is 61.8. The lowest BCUT2D eigenvalue weighted by molar-refractivity contribution is -0.870.